The minimum absolute atomic E-state index is 0.140. The summed E-state index contributed by atoms with van der Waals surface area (Å²) in [6, 6.07) is 9.83. The van der Waals surface area contributed by atoms with E-state index in [4.69, 9.17) is 4.74 Å². The zero-order valence-electron chi connectivity index (χ0n) is 11.6. The minimum Gasteiger partial charge on any atom is -0.396 e. The van der Waals surface area contributed by atoms with Gasteiger partial charge in [-0.1, -0.05) is 23.3 Å². The smallest absolute Gasteiger partial charge is 0.250 e. The summed E-state index contributed by atoms with van der Waals surface area (Å²) in [4.78, 5) is 2.15. The molecule has 1 aromatic carbocycles. The Hall–Kier alpha value is -1.99. The third-order valence-electron chi connectivity index (χ3n) is 4.57. The number of hydrogen-bond acceptors (Lipinski definition) is 6. The predicted octanol–water partition coefficient (Wildman–Crippen LogP) is 0.107. The topological polar surface area (TPSA) is 76.3 Å². The SMILES string of the molecule is OC[C@@]12COC[C@@H]1CN(c1nnnn1-c1ccccc1)C2. The van der Waals surface area contributed by atoms with Gasteiger partial charge in [0.25, 0.3) is 0 Å². The zero-order chi connectivity index (χ0) is 14.3. The highest BCUT2D eigenvalue weighted by Crippen LogP contribution is 2.42. The summed E-state index contributed by atoms with van der Waals surface area (Å²) in [7, 11) is 0. The van der Waals surface area contributed by atoms with Gasteiger partial charge in [-0.05, 0) is 22.6 Å². The second-order valence-electron chi connectivity index (χ2n) is 5.84. The van der Waals surface area contributed by atoms with Crippen LogP contribution in [0.4, 0.5) is 5.95 Å². The monoisotopic (exact) mass is 287 g/mol. The molecule has 0 spiro atoms. The maximum Gasteiger partial charge on any atom is 0.250 e. The highest BCUT2D eigenvalue weighted by Gasteiger charge is 2.51. The van der Waals surface area contributed by atoms with E-state index in [1.807, 2.05) is 30.3 Å². The lowest BCUT2D eigenvalue weighted by Crippen LogP contribution is -2.35. The lowest BCUT2D eigenvalue weighted by atomic mass is 9.82. The van der Waals surface area contributed by atoms with E-state index < -0.39 is 0 Å². The molecule has 2 fully saturated rings. The highest BCUT2D eigenvalue weighted by molar-refractivity contribution is 5.42. The fourth-order valence-corrected chi connectivity index (χ4v) is 3.32. The van der Waals surface area contributed by atoms with Crippen LogP contribution in [-0.4, -0.2) is 58.2 Å². The van der Waals surface area contributed by atoms with Crippen LogP contribution in [0.15, 0.2) is 30.3 Å². The lowest BCUT2D eigenvalue weighted by molar-refractivity contribution is 0.0988. The van der Waals surface area contributed by atoms with Crippen LogP contribution < -0.4 is 4.90 Å². The van der Waals surface area contributed by atoms with Crippen LogP contribution in [0.1, 0.15) is 0 Å². The number of rotatable bonds is 3. The van der Waals surface area contributed by atoms with Crippen molar-refractivity contribution in [2.75, 3.05) is 37.8 Å². The second kappa shape index (κ2) is 4.78. The molecule has 7 nitrogen and oxygen atoms in total. The van der Waals surface area contributed by atoms with Crippen molar-refractivity contribution in [3.8, 4) is 5.69 Å². The molecule has 0 radical (unpaired) electrons. The number of aliphatic hydroxyl groups is 1. The van der Waals surface area contributed by atoms with Gasteiger partial charge in [0.05, 0.1) is 25.5 Å². The van der Waals surface area contributed by atoms with E-state index in [2.05, 4.69) is 20.4 Å². The molecular formula is C14H17N5O2. The molecule has 1 N–H and O–H groups in total. The average molecular weight is 287 g/mol. The van der Waals surface area contributed by atoms with Crippen LogP contribution in [0, 0.1) is 11.3 Å². The molecule has 0 bridgehead atoms. The Balaban J connectivity index is 1.66. The van der Waals surface area contributed by atoms with Crippen molar-refractivity contribution < 1.29 is 9.84 Å². The van der Waals surface area contributed by atoms with Crippen molar-refractivity contribution in [2.24, 2.45) is 11.3 Å². The Labute approximate surface area is 122 Å². The van der Waals surface area contributed by atoms with Crippen molar-refractivity contribution in [1.82, 2.24) is 20.2 Å². The molecule has 110 valence electrons. The third-order valence-corrected chi connectivity index (χ3v) is 4.57. The largest absolute Gasteiger partial charge is 0.396 e. The van der Waals surface area contributed by atoms with Crippen LogP contribution in [0.2, 0.25) is 0 Å². The van der Waals surface area contributed by atoms with Crippen molar-refractivity contribution in [3.05, 3.63) is 30.3 Å². The average Bonchev–Trinajstić information content (AvgIpc) is 3.21. The molecule has 2 aromatic rings. The first-order chi connectivity index (χ1) is 10.3. The highest BCUT2D eigenvalue weighted by atomic mass is 16.5. The molecule has 7 heteroatoms. The van der Waals surface area contributed by atoms with Crippen LogP contribution in [0.3, 0.4) is 0 Å². The van der Waals surface area contributed by atoms with Crippen molar-refractivity contribution >= 4 is 5.95 Å². The molecule has 2 atom stereocenters. The Morgan fingerprint density at radius 3 is 2.95 bits per heavy atom. The summed E-state index contributed by atoms with van der Waals surface area (Å²) >= 11 is 0. The van der Waals surface area contributed by atoms with Gasteiger partial charge >= 0.3 is 0 Å². The Kier molecular flexibility index (Phi) is 2.90. The lowest BCUT2D eigenvalue weighted by Gasteiger charge is -2.24. The number of hydrogen-bond donors (Lipinski definition) is 1. The molecule has 3 heterocycles. The number of fused-ring (bicyclic) bond motifs is 1. The summed E-state index contributed by atoms with van der Waals surface area (Å²) in [5.41, 5.74) is 0.761. The first-order valence-electron chi connectivity index (χ1n) is 7.10. The standard InChI is InChI=1S/C14H17N5O2/c20-9-14-8-18(6-11(14)7-21-10-14)13-15-16-17-19(13)12-4-2-1-3-5-12/h1-5,11,20H,6-10H2/t11-,14-/m0/s1. The first kappa shape index (κ1) is 12.7. The minimum atomic E-state index is -0.173. The van der Waals surface area contributed by atoms with Crippen molar-refractivity contribution in [1.29, 1.82) is 0 Å². The van der Waals surface area contributed by atoms with E-state index in [9.17, 15) is 5.11 Å². The number of aliphatic hydroxyl groups excluding tert-OH is 1. The van der Waals surface area contributed by atoms with E-state index in [1.165, 1.54) is 0 Å². The number of anilines is 1. The zero-order valence-corrected chi connectivity index (χ0v) is 11.6. The molecule has 21 heavy (non-hydrogen) atoms. The van der Waals surface area contributed by atoms with E-state index in [-0.39, 0.29) is 12.0 Å². The van der Waals surface area contributed by atoms with Crippen LogP contribution in [0.25, 0.3) is 5.69 Å². The predicted molar refractivity (Wildman–Crippen MR) is 75.2 cm³/mol. The van der Waals surface area contributed by atoms with E-state index in [0.717, 1.165) is 24.7 Å². The normalized spacial score (nSPS) is 28.0. The molecule has 2 aliphatic rings. The summed E-state index contributed by atoms with van der Waals surface area (Å²) in [5, 5.41) is 21.8. The molecule has 0 unspecified atom stereocenters. The number of aromatic nitrogens is 4. The molecule has 2 aliphatic heterocycles. The van der Waals surface area contributed by atoms with E-state index in [1.54, 1.807) is 4.68 Å². The Bertz CT molecular complexity index is 631. The summed E-state index contributed by atoms with van der Waals surface area (Å²) in [6.45, 7) is 2.98. The van der Waals surface area contributed by atoms with Gasteiger partial charge in [0, 0.05) is 24.4 Å². The molecule has 0 saturated carbocycles. The Morgan fingerprint density at radius 2 is 2.19 bits per heavy atom. The number of benzene rings is 1. The number of tetrazole rings is 1. The molecule has 1 aromatic heterocycles. The molecule has 0 aliphatic carbocycles. The molecule has 2 saturated heterocycles. The summed E-state index contributed by atoms with van der Waals surface area (Å²) in [5.74, 6) is 1.06. The first-order valence-corrected chi connectivity index (χ1v) is 7.10. The van der Waals surface area contributed by atoms with Crippen molar-refractivity contribution in [3.63, 3.8) is 0 Å². The van der Waals surface area contributed by atoms with E-state index in [0.29, 0.717) is 19.1 Å². The molecular weight excluding hydrogens is 270 g/mol. The van der Waals surface area contributed by atoms with E-state index >= 15 is 0 Å². The maximum atomic E-state index is 9.76. The van der Waals surface area contributed by atoms with Gasteiger partial charge in [-0.25, -0.2) is 0 Å². The maximum absolute atomic E-state index is 9.76. The van der Waals surface area contributed by atoms with Crippen molar-refractivity contribution in [2.45, 2.75) is 0 Å². The Morgan fingerprint density at radius 1 is 1.33 bits per heavy atom. The molecule has 0 amide bonds. The number of nitrogens with zero attached hydrogens (tertiary/aromatic N) is 5. The quantitative estimate of drug-likeness (QED) is 0.863. The van der Waals surface area contributed by atoms with Gasteiger partial charge in [-0.2, -0.15) is 4.68 Å². The molecule has 4 rings (SSSR count). The van der Waals surface area contributed by atoms with Gasteiger partial charge in [0.15, 0.2) is 0 Å². The summed E-state index contributed by atoms with van der Waals surface area (Å²) < 4.78 is 7.28. The second-order valence-corrected chi connectivity index (χ2v) is 5.84. The third kappa shape index (κ3) is 1.92. The number of para-hydroxylation sites is 1. The van der Waals surface area contributed by atoms with Gasteiger partial charge in [-0.15, -0.1) is 0 Å². The van der Waals surface area contributed by atoms with Gasteiger partial charge in [0.2, 0.25) is 5.95 Å². The van der Waals surface area contributed by atoms with Crippen LogP contribution >= 0.6 is 0 Å². The number of ether oxygens (including phenoxy) is 1. The van der Waals surface area contributed by atoms with Gasteiger partial charge in [0.1, 0.15) is 0 Å². The van der Waals surface area contributed by atoms with Gasteiger partial charge < -0.3 is 14.7 Å². The summed E-state index contributed by atoms with van der Waals surface area (Å²) in [6.07, 6.45) is 0. The fourth-order valence-electron chi connectivity index (χ4n) is 3.32. The fraction of sp³-hybridized carbons (Fsp3) is 0.500. The van der Waals surface area contributed by atoms with Gasteiger partial charge in [-0.3, -0.25) is 0 Å². The van der Waals surface area contributed by atoms with Crippen LogP contribution in [-0.2, 0) is 4.74 Å². The van der Waals surface area contributed by atoms with Crippen LogP contribution in [0.5, 0.6) is 0 Å².